The second kappa shape index (κ2) is 7.33. The molecule has 1 aromatic heterocycles. The van der Waals surface area contributed by atoms with Gasteiger partial charge < -0.3 is 19.5 Å². The van der Waals surface area contributed by atoms with E-state index in [9.17, 15) is 0 Å². The smallest absolute Gasteiger partial charge is 0.239 e. The second-order valence-electron chi connectivity index (χ2n) is 4.32. The molecule has 0 atom stereocenters. The lowest BCUT2D eigenvalue weighted by Gasteiger charge is -2.10. The third-order valence-corrected chi connectivity index (χ3v) is 2.72. The number of aromatic nitrogens is 2. The van der Waals surface area contributed by atoms with Crippen molar-refractivity contribution < 1.29 is 14.2 Å². The monoisotopic (exact) mass is 289 g/mol. The lowest BCUT2D eigenvalue weighted by molar-refractivity contribution is 0.385. The van der Waals surface area contributed by atoms with Gasteiger partial charge in [-0.05, 0) is 6.42 Å². The molecule has 0 spiro atoms. The minimum absolute atomic E-state index is 0.409. The van der Waals surface area contributed by atoms with Crippen LogP contribution in [0.3, 0.4) is 0 Å². The molecule has 112 valence electrons. The Labute approximate surface area is 124 Å². The molecule has 1 N–H and O–H groups in total. The summed E-state index contributed by atoms with van der Waals surface area (Å²) in [6.45, 7) is 2.93. The quantitative estimate of drug-likeness (QED) is 0.845. The molecular weight excluding hydrogens is 270 g/mol. The minimum Gasteiger partial charge on any atom is -0.496 e. The van der Waals surface area contributed by atoms with Gasteiger partial charge in [0.1, 0.15) is 23.1 Å². The molecule has 0 bridgehead atoms. The summed E-state index contributed by atoms with van der Waals surface area (Å²) in [5.74, 6) is 2.97. The molecule has 6 nitrogen and oxygen atoms in total. The molecule has 1 aromatic carbocycles. The summed E-state index contributed by atoms with van der Waals surface area (Å²) in [5.41, 5.74) is 0. The number of nitrogens with one attached hydrogen (secondary N) is 1. The van der Waals surface area contributed by atoms with E-state index >= 15 is 0 Å². The number of benzene rings is 1. The van der Waals surface area contributed by atoms with E-state index in [4.69, 9.17) is 14.2 Å². The van der Waals surface area contributed by atoms with Gasteiger partial charge in [0.05, 0.1) is 26.6 Å². The fraction of sp³-hybridized carbons (Fsp3) is 0.333. The predicted molar refractivity (Wildman–Crippen MR) is 80.4 cm³/mol. The molecule has 0 aliphatic carbocycles. The predicted octanol–water partition coefficient (Wildman–Crippen LogP) is 3.11. The lowest BCUT2D eigenvalue weighted by atomic mass is 10.3. The van der Waals surface area contributed by atoms with Gasteiger partial charge in [0.2, 0.25) is 5.88 Å². The molecule has 0 aliphatic rings. The Morgan fingerprint density at radius 1 is 1.00 bits per heavy atom. The van der Waals surface area contributed by atoms with E-state index in [0.717, 1.165) is 13.0 Å². The maximum absolute atomic E-state index is 5.71. The second-order valence-corrected chi connectivity index (χ2v) is 4.32. The molecule has 0 saturated heterocycles. The summed E-state index contributed by atoms with van der Waals surface area (Å²) in [6.07, 6.45) is 4.23. The van der Waals surface area contributed by atoms with E-state index in [1.54, 1.807) is 44.8 Å². The Bertz CT molecular complexity index is 568. The average molecular weight is 289 g/mol. The normalized spacial score (nSPS) is 10.0. The fourth-order valence-electron chi connectivity index (χ4n) is 1.70. The van der Waals surface area contributed by atoms with Crippen LogP contribution in [-0.4, -0.2) is 30.7 Å². The SMILES string of the molecule is CCCNc1cncc(Oc2cc(OC)cc(OC)c2)n1. The van der Waals surface area contributed by atoms with Gasteiger partial charge in [-0.1, -0.05) is 6.92 Å². The molecule has 6 heteroatoms. The van der Waals surface area contributed by atoms with Gasteiger partial charge in [-0.2, -0.15) is 4.98 Å². The molecule has 0 saturated carbocycles. The van der Waals surface area contributed by atoms with E-state index in [0.29, 0.717) is 28.9 Å². The maximum atomic E-state index is 5.71. The van der Waals surface area contributed by atoms with Crippen LogP contribution in [0.15, 0.2) is 30.6 Å². The van der Waals surface area contributed by atoms with Crippen molar-refractivity contribution in [3.8, 4) is 23.1 Å². The first-order valence-electron chi connectivity index (χ1n) is 6.72. The van der Waals surface area contributed by atoms with Gasteiger partial charge in [0.15, 0.2) is 0 Å². The zero-order valence-electron chi connectivity index (χ0n) is 12.4. The van der Waals surface area contributed by atoms with E-state index in [1.807, 2.05) is 0 Å². The molecule has 1 heterocycles. The summed E-state index contributed by atoms with van der Waals surface area (Å²) in [5, 5.41) is 3.16. The highest BCUT2D eigenvalue weighted by Crippen LogP contribution is 2.30. The summed E-state index contributed by atoms with van der Waals surface area (Å²) in [4.78, 5) is 8.45. The van der Waals surface area contributed by atoms with Crippen molar-refractivity contribution in [2.24, 2.45) is 0 Å². The van der Waals surface area contributed by atoms with Crippen molar-refractivity contribution in [2.75, 3.05) is 26.1 Å². The van der Waals surface area contributed by atoms with Crippen molar-refractivity contribution in [1.82, 2.24) is 9.97 Å². The molecule has 0 radical (unpaired) electrons. The van der Waals surface area contributed by atoms with Crippen LogP contribution in [-0.2, 0) is 0 Å². The zero-order valence-corrected chi connectivity index (χ0v) is 12.4. The summed E-state index contributed by atoms with van der Waals surface area (Å²) in [7, 11) is 3.18. The van der Waals surface area contributed by atoms with Crippen LogP contribution >= 0.6 is 0 Å². The molecule has 2 rings (SSSR count). The number of methoxy groups -OCH3 is 2. The van der Waals surface area contributed by atoms with Crippen LogP contribution < -0.4 is 19.5 Å². The van der Waals surface area contributed by atoms with Crippen molar-refractivity contribution >= 4 is 5.82 Å². The van der Waals surface area contributed by atoms with Crippen molar-refractivity contribution in [1.29, 1.82) is 0 Å². The first kappa shape index (κ1) is 14.9. The van der Waals surface area contributed by atoms with Crippen molar-refractivity contribution in [3.05, 3.63) is 30.6 Å². The molecule has 2 aromatic rings. The van der Waals surface area contributed by atoms with Crippen LogP contribution in [0.4, 0.5) is 5.82 Å². The molecule has 21 heavy (non-hydrogen) atoms. The summed E-state index contributed by atoms with van der Waals surface area (Å²) >= 11 is 0. The fourth-order valence-corrected chi connectivity index (χ4v) is 1.70. The highest BCUT2D eigenvalue weighted by molar-refractivity contribution is 5.43. The van der Waals surface area contributed by atoms with Gasteiger partial charge in [0.25, 0.3) is 0 Å². The van der Waals surface area contributed by atoms with Crippen LogP contribution in [0.2, 0.25) is 0 Å². The molecule has 0 amide bonds. The minimum atomic E-state index is 0.409. The van der Waals surface area contributed by atoms with Crippen LogP contribution in [0.5, 0.6) is 23.1 Å². The summed E-state index contributed by atoms with van der Waals surface area (Å²) < 4.78 is 16.1. The molecule has 0 fully saturated rings. The highest BCUT2D eigenvalue weighted by atomic mass is 16.5. The third-order valence-electron chi connectivity index (χ3n) is 2.72. The first-order valence-corrected chi connectivity index (χ1v) is 6.72. The number of nitrogens with zero attached hydrogens (tertiary/aromatic N) is 2. The molecule has 0 unspecified atom stereocenters. The number of ether oxygens (including phenoxy) is 3. The molecular formula is C15H19N3O3. The van der Waals surface area contributed by atoms with Gasteiger partial charge in [-0.3, -0.25) is 4.98 Å². The zero-order chi connectivity index (χ0) is 15.1. The lowest BCUT2D eigenvalue weighted by Crippen LogP contribution is -2.03. The Kier molecular flexibility index (Phi) is 5.20. The van der Waals surface area contributed by atoms with Gasteiger partial charge >= 0.3 is 0 Å². The number of rotatable bonds is 7. The Balaban J connectivity index is 2.17. The maximum Gasteiger partial charge on any atom is 0.239 e. The van der Waals surface area contributed by atoms with Gasteiger partial charge in [-0.15, -0.1) is 0 Å². The number of hydrogen-bond donors (Lipinski definition) is 1. The Hall–Kier alpha value is -2.50. The van der Waals surface area contributed by atoms with E-state index in [-0.39, 0.29) is 0 Å². The van der Waals surface area contributed by atoms with E-state index in [1.165, 1.54) is 0 Å². The molecule has 0 aliphatic heterocycles. The van der Waals surface area contributed by atoms with Crippen molar-refractivity contribution in [3.63, 3.8) is 0 Å². The first-order chi connectivity index (χ1) is 10.2. The van der Waals surface area contributed by atoms with Crippen molar-refractivity contribution in [2.45, 2.75) is 13.3 Å². The van der Waals surface area contributed by atoms with Crippen LogP contribution in [0.1, 0.15) is 13.3 Å². The number of hydrogen-bond acceptors (Lipinski definition) is 6. The largest absolute Gasteiger partial charge is 0.496 e. The van der Waals surface area contributed by atoms with E-state index in [2.05, 4.69) is 22.2 Å². The van der Waals surface area contributed by atoms with Crippen LogP contribution in [0.25, 0.3) is 0 Å². The summed E-state index contributed by atoms with van der Waals surface area (Å²) in [6, 6.07) is 5.30. The van der Waals surface area contributed by atoms with Gasteiger partial charge in [0, 0.05) is 24.7 Å². The number of anilines is 1. The Morgan fingerprint density at radius 2 is 1.67 bits per heavy atom. The van der Waals surface area contributed by atoms with Gasteiger partial charge in [-0.25, -0.2) is 0 Å². The van der Waals surface area contributed by atoms with E-state index < -0.39 is 0 Å². The highest BCUT2D eigenvalue weighted by Gasteiger charge is 2.06. The average Bonchev–Trinajstić information content (AvgIpc) is 2.52. The third kappa shape index (κ3) is 4.24. The standard InChI is InChI=1S/C15H19N3O3/c1-4-5-17-14-9-16-10-15(18-14)21-13-7-11(19-2)6-12(8-13)20-3/h6-10H,4-5H2,1-3H3,(H,17,18). The van der Waals surface area contributed by atoms with Crippen LogP contribution in [0, 0.1) is 0 Å². The Morgan fingerprint density at radius 3 is 2.29 bits per heavy atom. The topological polar surface area (TPSA) is 65.5 Å².